The number of hydrogen-bond acceptors (Lipinski definition) is 4. The SMILES string of the molecule is N#Cc1ccc(S(=O)(=O)N[C@@H]2C=C[C@H](CO)C2)c(F)c1. The zero-order chi connectivity index (χ0) is 14.8. The molecule has 1 aromatic carbocycles. The van der Waals surface area contributed by atoms with Crippen LogP contribution in [0.2, 0.25) is 0 Å². The maximum atomic E-state index is 13.7. The van der Waals surface area contributed by atoms with Crippen LogP contribution in [0.5, 0.6) is 0 Å². The van der Waals surface area contributed by atoms with Crippen molar-refractivity contribution >= 4 is 10.0 Å². The molecule has 1 aromatic rings. The summed E-state index contributed by atoms with van der Waals surface area (Å²) in [6, 6.07) is 4.47. The molecule has 0 bridgehead atoms. The average molecular weight is 296 g/mol. The molecule has 106 valence electrons. The zero-order valence-electron chi connectivity index (χ0n) is 10.5. The lowest BCUT2D eigenvalue weighted by molar-refractivity contribution is 0.248. The van der Waals surface area contributed by atoms with Crippen molar-refractivity contribution in [3.63, 3.8) is 0 Å². The van der Waals surface area contributed by atoms with Gasteiger partial charge in [-0.25, -0.2) is 17.5 Å². The van der Waals surface area contributed by atoms with Gasteiger partial charge in [0.25, 0.3) is 0 Å². The molecule has 1 aliphatic carbocycles. The predicted octanol–water partition coefficient (Wildman–Crippen LogP) is 0.913. The first-order valence-corrected chi connectivity index (χ1v) is 7.46. The molecule has 0 spiro atoms. The Hall–Kier alpha value is -1.75. The molecule has 2 atom stereocenters. The topological polar surface area (TPSA) is 90.2 Å². The average Bonchev–Trinajstić information content (AvgIpc) is 2.85. The second kappa shape index (κ2) is 5.71. The van der Waals surface area contributed by atoms with Crippen molar-refractivity contribution in [2.45, 2.75) is 17.4 Å². The summed E-state index contributed by atoms with van der Waals surface area (Å²) in [5.41, 5.74) is 0.0579. The number of nitrogens with zero attached hydrogens (tertiary/aromatic N) is 1. The van der Waals surface area contributed by atoms with Crippen molar-refractivity contribution < 1.29 is 17.9 Å². The van der Waals surface area contributed by atoms with E-state index in [9.17, 15) is 12.8 Å². The van der Waals surface area contributed by atoms with Gasteiger partial charge in [0.1, 0.15) is 10.7 Å². The van der Waals surface area contributed by atoms with E-state index >= 15 is 0 Å². The van der Waals surface area contributed by atoms with E-state index in [1.807, 2.05) is 0 Å². The van der Waals surface area contributed by atoms with E-state index in [0.29, 0.717) is 6.42 Å². The monoisotopic (exact) mass is 296 g/mol. The van der Waals surface area contributed by atoms with E-state index < -0.39 is 26.8 Å². The third kappa shape index (κ3) is 3.04. The molecule has 0 amide bonds. The van der Waals surface area contributed by atoms with Crippen LogP contribution in [0.4, 0.5) is 4.39 Å². The van der Waals surface area contributed by atoms with E-state index in [-0.39, 0.29) is 18.1 Å². The summed E-state index contributed by atoms with van der Waals surface area (Å²) in [6.45, 7) is -0.0556. The van der Waals surface area contributed by atoms with Crippen LogP contribution in [0, 0.1) is 23.1 Å². The van der Waals surface area contributed by atoms with Gasteiger partial charge in [0.05, 0.1) is 11.6 Å². The van der Waals surface area contributed by atoms with Gasteiger partial charge in [-0.2, -0.15) is 5.26 Å². The van der Waals surface area contributed by atoms with Gasteiger partial charge in [-0.1, -0.05) is 12.2 Å². The van der Waals surface area contributed by atoms with Gasteiger partial charge in [-0.3, -0.25) is 0 Å². The Balaban J connectivity index is 2.20. The molecule has 0 saturated carbocycles. The van der Waals surface area contributed by atoms with Gasteiger partial charge in [-0.05, 0) is 24.6 Å². The molecule has 0 fully saturated rings. The van der Waals surface area contributed by atoms with Gasteiger partial charge >= 0.3 is 0 Å². The summed E-state index contributed by atoms with van der Waals surface area (Å²) >= 11 is 0. The normalized spacial score (nSPS) is 21.9. The number of benzene rings is 1. The zero-order valence-corrected chi connectivity index (χ0v) is 11.3. The molecule has 0 radical (unpaired) electrons. The first kappa shape index (κ1) is 14.7. The quantitative estimate of drug-likeness (QED) is 0.808. The minimum atomic E-state index is -4.00. The molecule has 2 rings (SSSR count). The van der Waals surface area contributed by atoms with Crippen LogP contribution >= 0.6 is 0 Å². The van der Waals surface area contributed by atoms with E-state index in [0.717, 1.165) is 12.1 Å². The Labute approximate surface area is 116 Å². The first-order valence-electron chi connectivity index (χ1n) is 5.97. The standard InChI is InChI=1S/C13H13FN2O3S/c14-12-6-9(7-15)2-4-13(12)20(18,19)16-11-3-1-10(5-11)8-17/h1-4,6,10-11,16-17H,5,8H2/t10-,11+/m0/s1. The fourth-order valence-corrected chi connectivity index (χ4v) is 3.31. The maximum Gasteiger partial charge on any atom is 0.244 e. The number of aliphatic hydroxyl groups is 1. The number of sulfonamides is 1. The van der Waals surface area contributed by atoms with Crippen LogP contribution in [0.25, 0.3) is 0 Å². The molecular formula is C13H13FN2O3S. The molecule has 2 N–H and O–H groups in total. The molecule has 0 unspecified atom stereocenters. The van der Waals surface area contributed by atoms with Crippen molar-refractivity contribution in [2.75, 3.05) is 6.61 Å². The second-order valence-electron chi connectivity index (χ2n) is 4.55. The van der Waals surface area contributed by atoms with Crippen molar-refractivity contribution in [2.24, 2.45) is 5.92 Å². The lowest BCUT2D eigenvalue weighted by atomic mass is 10.1. The van der Waals surface area contributed by atoms with Gasteiger partial charge in [0.15, 0.2) is 0 Å². The minimum Gasteiger partial charge on any atom is -0.396 e. The maximum absolute atomic E-state index is 13.7. The molecule has 0 heterocycles. The largest absolute Gasteiger partial charge is 0.396 e. The van der Waals surface area contributed by atoms with Crippen molar-refractivity contribution in [3.8, 4) is 6.07 Å². The summed E-state index contributed by atoms with van der Waals surface area (Å²) in [7, 11) is -4.00. The summed E-state index contributed by atoms with van der Waals surface area (Å²) in [6.07, 6.45) is 3.80. The number of hydrogen-bond donors (Lipinski definition) is 2. The minimum absolute atomic E-state index is 0.0556. The van der Waals surface area contributed by atoms with Crippen molar-refractivity contribution in [3.05, 3.63) is 41.7 Å². The fraction of sp³-hybridized carbons (Fsp3) is 0.308. The molecule has 5 nitrogen and oxygen atoms in total. The number of halogens is 1. The smallest absolute Gasteiger partial charge is 0.244 e. The Morgan fingerprint density at radius 1 is 1.45 bits per heavy atom. The van der Waals surface area contributed by atoms with Crippen molar-refractivity contribution in [1.29, 1.82) is 5.26 Å². The van der Waals surface area contributed by atoms with Crippen LogP contribution in [0.3, 0.4) is 0 Å². The van der Waals surface area contributed by atoms with E-state index in [1.54, 1.807) is 18.2 Å². The molecule has 1 aliphatic rings. The summed E-state index contributed by atoms with van der Waals surface area (Å²) in [5.74, 6) is -1.05. The Bertz CT molecular complexity index is 679. The third-order valence-corrected chi connectivity index (χ3v) is 4.59. The predicted molar refractivity (Wildman–Crippen MR) is 69.6 cm³/mol. The van der Waals surface area contributed by atoms with Crippen LogP contribution in [-0.2, 0) is 10.0 Å². The molecule has 0 aromatic heterocycles. The molecule has 20 heavy (non-hydrogen) atoms. The highest BCUT2D eigenvalue weighted by Crippen LogP contribution is 2.21. The number of aliphatic hydroxyl groups excluding tert-OH is 1. The highest BCUT2D eigenvalue weighted by atomic mass is 32.2. The van der Waals surface area contributed by atoms with Gasteiger partial charge in [0.2, 0.25) is 10.0 Å². The van der Waals surface area contributed by atoms with Crippen molar-refractivity contribution in [1.82, 2.24) is 4.72 Å². The number of nitrogens with one attached hydrogen (secondary N) is 1. The van der Waals surface area contributed by atoms with Crippen LogP contribution in [0.1, 0.15) is 12.0 Å². The van der Waals surface area contributed by atoms with Gasteiger partial charge < -0.3 is 5.11 Å². The van der Waals surface area contributed by atoms with Crippen LogP contribution in [0.15, 0.2) is 35.2 Å². The van der Waals surface area contributed by atoms with E-state index in [2.05, 4.69) is 4.72 Å². The lowest BCUT2D eigenvalue weighted by Gasteiger charge is -2.13. The van der Waals surface area contributed by atoms with Crippen LogP contribution < -0.4 is 4.72 Å². The fourth-order valence-electron chi connectivity index (χ4n) is 2.05. The Kier molecular flexibility index (Phi) is 4.18. The summed E-state index contributed by atoms with van der Waals surface area (Å²) in [4.78, 5) is -0.489. The highest BCUT2D eigenvalue weighted by Gasteiger charge is 2.26. The second-order valence-corrected chi connectivity index (χ2v) is 6.23. The molecule has 0 aliphatic heterocycles. The summed E-state index contributed by atoms with van der Waals surface area (Å²) in [5, 5.41) is 17.6. The van der Waals surface area contributed by atoms with E-state index in [4.69, 9.17) is 10.4 Å². The molecule has 0 saturated heterocycles. The van der Waals surface area contributed by atoms with E-state index in [1.165, 1.54) is 6.07 Å². The Morgan fingerprint density at radius 3 is 2.75 bits per heavy atom. The number of rotatable bonds is 4. The molecule has 7 heteroatoms. The Morgan fingerprint density at radius 2 is 2.20 bits per heavy atom. The highest BCUT2D eigenvalue weighted by molar-refractivity contribution is 7.89. The third-order valence-electron chi connectivity index (χ3n) is 3.06. The number of nitriles is 1. The summed E-state index contributed by atoms with van der Waals surface area (Å²) < 4.78 is 40.2. The van der Waals surface area contributed by atoms with Crippen LogP contribution in [-0.4, -0.2) is 26.2 Å². The lowest BCUT2D eigenvalue weighted by Crippen LogP contribution is -2.33. The molecular weight excluding hydrogens is 283 g/mol. The first-order chi connectivity index (χ1) is 9.46. The van der Waals surface area contributed by atoms with Gasteiger partial charge in [-0.15, -0.1) is 0 Å². The van der Waals surface area contributed by atoms with Gasteiger partial charge in [0, 0.05) is 18.6 Å².